The smallest absolute Gasteiger partial charge is 0.238 e. The fourth-order valence-corrected chi connectivity index (χ4v) is 2.75. The fraction of sp³-hybridized carbons (Fsp3) is 0.562. The van der Waals surface area contributed by atoms with Crippen molar-refractivity contribution in [3.63, 3.8) is 0 Å². The first-order valence-electron chi connectivity index (χ1n) is 7.68. The predicted molar refractivity (Wildman–Crippen MR) is 82.8 cm³/mol. The molecule has 0 aliphatic carbocycles. The topological polar surface area (TPSA) is 44.4 Å². The van der Waals surface area contributed by atoms with E-state index in [1.165, 1.54) is 25.0 Å². The van der Waals surface area contributed by atoms with Crippen LogP contribution in [-0.4, -0.2) is 43.0 Å². The van der Waals surface area contributed by atoms with E-state index in [2.05, 4.69) is 22.5 Å². The number of nitrogens with zero attached hydrogens (tertiary/aromatic N) is 1. The van der Waals surface area contributed by atoms with Crippen molar-refractivity contribution in [1.29, 1.82) is 0 Å². The number of amides is 1. The van der Waals surface area contributed by atoms with Crippen molar-refractivity contribution in [2.75, 3.05) is 31.5 Å². The maximum Gasteiger partial charge on any atom is 0.238 e. The quantitative estimate of drug-likeness (QED) is 0.810. The lowest BCUT2D eigenvalue weighted by atomic mass is 10.2. The third-order valence-corrected chi connectivity index (χ3v) is 3.66. The number of carbonyl (C=O) groups excluding carboxylic acids is 1. The van der Waals surface area contributed by atoms with Crippen LogP contribution in [0.4, 0.5) is 10.1 Å². The third-order valence-electron chi connectivity index (χ3n) is 3.66. The molecule has 5 heteroatoms. The first-order chi connectivity index (χ1) is 10.2. The second-order valence-electron chi connectivity index (χ2n) is 5.59. The van der Waals surface area contributed by atoms with Gasteiger partial charge in [-0.1, -0.05) is 13.0 Å². The van der Waals surface area contributed by atoms with Crippen molar-refractivity contribution < 1.29 is 9.18 Å². The van der Waals surface area contributed by atoms with Gasteiger partial charge in [0.05, 0.1) is 6.54 Å². The van der Waals surface area contributed by atoms with E-state index in [1.54, 1.807) is 12.1 Å². The largest absolute Gasteiger partial charge is 0.325 e. The molecule has 1 aromatic rings. The molecule has 1 aromatic carbocycles. The van der Waals surface area contributed by atoms with Gasteiger partial charge in [0.1, 0.15) is 5.82 Å². The maximum atomic E-state index is 13.1. The standard InChI is InChI=1S/C16H24FN3O/c1-2-9-20(11-15-7-4-8-18-15)12-16(21)19-14-6-3-5-13(17)10-14/h3,5-6,10,15,18H,2,4,7-9,11-12H2,1H3,(H,19,21). The number of hydrogen-bond acceptors (Lipinski definition) is 3. The lowest BCUT2D eigenvalue weighted by Crippen LogP contribution is -2.41. The number of carbonyl (C=O) groups is 1. The van der Waals surface area contributed by atoms with Crippen molar-refractivity contribution in [1.82, 2.24) is 10.2 Å². The predicted octanol–water partition coefficient (Wildman–Crippen LogP) is 2.23. The normalized spacial score (nSPS) is 18.1. The van der Waals surface area contributed by atoms with E-state index in [0.717, 1.165) is 26.1 Å². The van der Waals surface area contributed by atoms with Crippen LogP contribution >= 0.6 is 0 Å². The Labute approximate surface area is 125 Å². The number of nitrogens with one attached hydrogen (secondary N) is 2. The highest BCUT2D eigenvalue weighted by Crippen LogP contribution is 2.10. The second kappa shape index (κ2) is 8.10. The third kappa shape index (κ3) is 5.44. The van der Waals surface area contributed by atoms with Crippen molar-refractivity contribution in [3.05, 3.63) is 30.1 Å². The molecule has 116 valence electrons. The summed E-state index contributed by atoms with van der Waals surface area (Å²) in [6.45, 7) is 5.32. The SMILES string of the molecule is CCCN(CC(=O)Nc1cccc(F)c1)CC1CCCN1. The second-order valence-corrected chi connectivity index (χ2v) is 5.59. The molecule has 1 amide bonds. The molecule has 21 heavy (non-hydrogen) atoms. The zero-order chi connectivity index (χ0) is 15.1. The average Bonchev–Trinajstić information content (AvgIpc) is 2.91. The van der Waals surface area contributed by atoms with Gasteiger partial charge in [-0.2, -0.15) is 0 Å². The molecular formula is C16H24FN3O. The van der Waals surface area contributed by atoms with E-state index in [0.29, 0.717) is 18.3 Å². The van der Waals surface area contributed by atoms with Gasteiger partial charge in [0.25, 0.3) is 0 Å². The average molecular weight is 293 g/mol. The number of hydrogen-bond donors (Lipinski definition) is 2. The van der Waals surface area contributed by atoms with Crippen LogP contribution in [0, 0.1) is 5.82 Å². The molecule has 4 nitrogen and oxygen atoms in total. The highest BCUT2D eigenvalue weighted by atomic mass is 19.1. The van der Waals surface area contributed by atoms with E-state index in [-0.39, 0.29) is 11.7 Å². The van der Waals surface area contributed by atoms with E-state index in [1.807, 2.05) is 0 Å². The van der Waals surface area contributed by atoms with Crippen LogP contribution in [-0.2, 0) is 4.79 Å². The molecule has 1 saturated heterocycles. The van der Waals surface area contributed by atoms with Gasteiger partial charge in [0.15, 0.2) is 0 Å². The Balaban J connectivity index is 1.85. The van der Waals surface area contributed by atoms with E-state index < -0.39 is 0 Å². The lowest BCUT2D eigenvalue weighted by molar-refractivity contribution is -0.117. The van der Waals surface area contributed by atoms with Crippen molar-refractivity contribution >= 4 is 11.6 Å². The van der Waals surface area contributed by atoms with Gasteiger partial charge >= 0.3 is 0 Å². The molecule has 1 fully saturated rings. The Morgan fingerprint density at radius 3 is 3.05 bits per heavy atom. The zero-order valence-electron chi connectivity index (χ0n) is 12.6. The fourth-order valence-electron chi connectivity index (χ4n) is 2.75. The highest BCUT2D eigenvalue weighted by molar-refractivity contribution is 5.92. The lowest BCUT2D eigenvalue weighted by Gasteiger charge is -2.24. The summed E-state index contributed by atoms with van der Waals surface area (Å²) in [6, 6.07) is 6.48. The minimum absolute atomic E-state index is 0.0907. The molecule has 0 radical (unpaired) electrons. The summed E-state index contributed by atoms with van der Waals surface area (Å²) in [5, 5.41) is 6.21. The number of rotatable bonds is 7. The summed E-state index contributed by atoms with van der Waals surface area (Å²) in [4.78, 5) is 14.3. The van der Waals surface area contributed by atoms with Crippen LogP contribution in [0.25, 0.3) is 0 Å². The van der Waals surface area contributed by atoms with Crippen LogP contribution in [0.15, 0.2) is 24.3 Å². The number of benzene rings is 1. The van der Waals surface area contributed by atoms with Gasteiger partial charge in [-0.05, 0) is 50.6 Å². The summed E-state index contributed by atoms with van der Waals surface area (Å²) in [5.41, 5.74) is 0.510. The van der Waals surface area contributed by atoms with Crippen LogP contribution in [0.3, 0.4) is 0 Å². The Hall–Kier alpha value is -1.46. The molecule has 0 saturated carbocycles. The summed E-state index contributed by atoms with van der Waals surface area (Å²) in [5.74, 6) is -0.430. The van der Waals surface area contributed by atoms with Gasteiger partial charge in [0.2, 0.25) is 5.91 Å². The van der Waals surface area contributed by atoms with Crippen molar-refractivity contribution in [3.8, 4) is 0 Å². The minimum atomic E-state index is -0.339. The number of anilines is 1. The molecule has 0 spiro atoms. The molecule has 0 bridgehead atoms. The molecule has 2 rings (SSSR count). The summed E-state index contributed by atoms with van der Waals surface area (Å²) in [7, 11) is 0. The van der Waals surface area contributed by atoms with Gasteiger partial charge in [-0.25, -0.2) is 4.39 Å². The molecule has 1 unspecified atom stereocenters. The summed E-state index contributed by atoms with van der Waals surface area (Å²) in [6.07, 6.45) is 3.39. The molecule has 1 aliphatic heterocycles. The Morgan fingerprint density at radius 1 is 1.52 bits per heavy atom. The van der Waals surface area contributed by atoms with Gasteiger partial charge in [-0.3, -0.25) is 9.69 Å². The van der Waals surface area contributed by atoms with Crippen LogP contribution in [0.1, 0.15) is 26.2 Å². The molecule has 1 aliphatic rings. The Kier molecular flexibility index (Phi) is 6.14. The number of halogens is 1. The first kappa shape index (κ1) is 15.9. The molecule has 0 aromatic heterocycles. The van der Waals surface area contributed by atoms with Crippen molar-refractivity contribution in [2.45, 2.75) is 32.2 Å². The van der Waals surface area contributed by atoms with E-state index in [4.69, 9.17) is 0 Å². The van der Waals surface area contributed by atoms with Crippen LogP contribution < -0.4 is 10.6 Å². The molecule has 2 N–H and O–H groups in total. The van der Waals surface area contributed by atoms with E-state index >= 15 is 0 Å². The van der Waals surface area contributed by atoms with Crippen molar-refractivity contribution in [2.24, 2.45) is 0 Å². The zero-order valence-corrected chi connectivity index (χ0v) is 12.6. The molecule has 1 heterocycles. The maximum absolute atomic E-state index is 13.1. The van der Waals surface area contributed by atoms with E-state index in [9.17, 15) is 9.18 Å². The van der Waals surface area contributed by atoms with Gasteiger partial charge < -0.3 is 10.6 Å². The molecule has 1 atom stereocenters. The van der Waals surface area contributed by atoms with Crippen LogP contribution in [0.2, 0.25) is 0 Å². The summed E-state index contributed by atoms with van der Waals surface area (Å²) >= 11 is 0. The highest BCUT2D eigenvalue weighted by Gasteiger charge is 2.19. The Morgan fingerprint density at radius 2 is 2.38 bits per heavy atom. The molecular weight excluding hydrogens is 269 g/mol. The van der Waals surface area contributed by atoms with Gasteiger partial charge in [0, 0.05) is 18.3 Å². The Bertz CT molecular complexity index is 461. The minimum Gasteiger partial charge on any atom is -0.325 e. The first-order valence-corrected chi connectivity index (χ1v) is 7.68. The van der Waals surface area contributed by atoms with Gasteiger partial charge in [-0.15, -0.1) is 0 Å². The monoisotopic (exact) mass is 293 g/mol. The summed E-state index contributed by atoms with van der Waals surface area (Å²) < 4.78 is 13.1. The van der Waals surface area contributed by atoms with Crippen LogP contribution in [0.5, 0.6) is 0 Å².